The van der Waals surface area contributed by atoms with E-state index in [0.717, 1.165) is 0 Å². The monoisotopic (exact) mass is 339 g/mol. The third kappa shape index (κ3) is 3.44. The van der Waals surface area contributed by atoms with E-state index < -0.39 is 23.5 Å². The van der Waals surface area contributed by atoms with Crippen molar-refractivity contribution >= 4 is 11.9 Å². The minimum absolute atomic E-state index is 0.0219. The van der Waals surface area contributed by atoms with Crippen LogP contribution in [0.2, 0.25) is 0 Å². The summed E-state index contributed by atoms with van der Waals surface area (Å²) in [6, 6.07) is 1.53. The van der Waals surface area contributed by atoms with Gasteiger partial charge in [-0.05, 0) is 25.0 Å². The predicted octanol–water partition coefficient (Wildman–Crippen LogP) is 2.36. The molecule has 0 radical (unpaired) electrons. The third-order valence-electron chi connectivity index (χ3n) is 4.22. The van der Waals surface area contributed by atoms with Gasteiger partial charge >= 0.3 is 5.97 Å². The van der Waals surface area contributed by atoms with E-state index in [2.05, 4.69) is 0 Å². The van der Waals surface area contributed by atoms with Gasteiger partial charge in [-0.3, -0.25) is 9.59 Å². The molecule has 1 atom stereocenters. The number of aromatic hydroxyl groups is 1. The van der Waals surface area contributed by atoms with Gasteiger partial charge in [-0.2, -0.15) is 0 Å². The Bertz CT molecular complexity index is 646. The van der Waals surface area contributed by atoms with Gasteiger partial charge in [-0.25, -0.2) is 4.39 Å². The lowest BCUT2D eigenvalue weighted by Gasteiger charge is -2.19. The van der Waals surface area contributed by atoms with Crippen LogP contribution in [0, 0.1) is 11.7 Å². The maximum atomic E-state index is 14.2. The summed E-state index contributed by atoms with van der Waals surface area (Å²) >= 11 is 0. The molecule has 6 nitrogen and oxygen atoms in total. The number of methoxy groups -OCH3 is 1. The maximum absolute atomic E-state index is 14.2. The van der Waals surface area contributed by atoms with Gasteiger partial charge in [-0.1, -0.05) is 6.92 Å². The summed E-state index contributed by atoms with van der Waals surface area (Å²) in [5.41, 5.74) is 0.880. The molecule has 1 aromatic rings. The van der Waals surface area contributed by atoms with E-state index in [4.69, 9.17) is 9.47 Å². The highest BCUT2D eigenvalue weighted by Gasteiger charge is 2.31. The fourth-order valence-electron chi connectivity index (χ4n) is 2.80. The third-order valence-corrected chi connectivity index (χ3v) is 4.22. The molecule has 1 amide bonds. The Morgan fingerprint density at radius 1 is 1.38 bits per heavy atom. The number of esters is 1. The van der Waals surface area contributed by atoms with Crippen molar-refractivity contribution in [1.29, 1.82) is 0 Å². The maximum Gasteiger partial charge on any atom is 0.309 e. The number of hydrogen-bond acceptors (Lipinski definition) is 5. The molecule has 7 heteroatoms. The van der Waals surface area contributed by atoms with E-state index in [1.807, 2.05) is 6.92 Å². The lowest BCUT2D eigenvalue weighted by atomic mass is 10.0. The molecule has 1 heterocycles. The van der Waals surface area contributed by atoms with E-state index >= 15 is 0 Å². The van der Waals surface area contributed by atoms with Gasteiger partial charge < -0.3 is 19.5 Å². The first-order valence-electron chi connectivity index (χ1n) is 7.94. The second-order valence-corrected chi connectivity index (χ2v) is 5.69. The average molecular weight is 339 g/mol. The van der Waals surface area contributed by atoms with Gasteiger partial charge in [0.05, 0.1) is 19.6 Å². The number of carbonyl (C=O) groups is 2. The second-order valence-electron chi connectivity index (χ2n) is 5.69. The van der Waals surface area contributed by atoms with Crippen molar-refractivity contribution in [3.8, 4) is 11.5 Å². The molecule has 0 fully saturated rings. The van der Waals surface area contributed by atoms with Crippen LogP contribution in [0.25, 0.3) is 0 Å². The Kier molecular flexibility index (Phi) is 5.64. The van der Waals surface area contributed by atoms with Crippen molar-refractivity contribution in [3.63, 3.8) is 0 Å². The Morgan fingerprint density at radius 2 is 2.08 bits per heavy atom. The minimum atomic E-state index is -0.767. The molecule has 24 heavy (non-hydrogen) atoms. The molecule has 0 bridgehead atoms. The molecule has 0 unspecified atom stereocenters. The van der Waals surface area contributed by atoms with Crippen LogP contribution in [0.15, 0.2) is 6.07 Å². The van der Waals surface area contributed by atoms with Crippen LogP contribution < -0.4 is 4.74 Å². The molecule has 1 N–H and O–H groups in total. The van der Waals surface area contributed by atoms with Crippen LogP contribution in [0.4, 0.5) is 4.39 Å². The Labute approximate surface area is 140 Å². The normalized spacial score (nSPS) is 14.2. The van der Waals surface area contributed by atoms with Crippen LogP contribution in [0.1, 0.15) is 37.8 Å². The van der Waals surface area contributed by atoms with Crippen LogP contribution >= 0.6 is 0 Å². The van der Waals surface area contributed by atoms with Crippen molar-refractivity contribution < 1.29 is 28.6 Å². The van der Waals surface area contributed by atoms with Gasteiger partial charge in [-0.15, -0.1) is 0 Å². The molecular formula is C17H22FNO5. The molecule has 0 spiro atoms. The van der Waals surface area contributed by atoms with Gasteiger partial charge in [0.2, 0.25) is 5.91 Å². The van der Waals surface area contributed by atoms with Gasteiger partial charge in [0.15, 0.2) is 17.3 Å². The zero-order chi connectivity index (χ0) is 17.9. The lowest BCUT2D eigenvalue weighted by molar-refractivity contribution is -0.151. The van der Waals surface area contributed by atoms with Gasteiger partial charge in [0.1, 0.15) is 0 Å². The lowest BCUT2D eigenvalue weighted by Crippen LogP contribution is -2.30. The molecule has 1 aliphatic heterocycles. The quantitative estimate of drug-likeness (QED) is 0.805. The highest BCUT2D eigenvalue weighted by Crippen LogP contribution is 2.38. The van der Waals surface area contributed by atoms with Gasteiger partial charge in [0, 0.05) is 25.1 Å². The Hall–Kier alpha value is -2.31. The largest absolute Gasteiger partial charge is 0.502 e. The number of halogens is 1. The van der Waals surface area contributed by atoms with Gasteiger partial charge in [0.25, 0.3) is 0 Å². The van der Waals surface area contributed by atoms with Crippen LogP contribution in [-0.2, 0) is 27.4 Å². The van der Waals surface area contributed by atoms with Crippen molar-refractivity contribution in [2.45, 2.75) is 39.8 Å². The number of hydrogen-bond donors (Lipinski definition) is 1. The summed E-state index contributed by atoms with van der Waals surface area (Å²) in [5, 5.41) is 9.74. The number of fused-ring (bicyclic) bond motifs is 1. The fraction of sp³-hybridized carbons (Fsp3) is 0.529. The summed E-state index contributed by atoms with van der Waals surface area (Å²) < 4.78 is 24.1. The summed E-state index contributed by atoms with van der Waals surface area (Å²) in [7, 11) is 1.34. The molecule has 0 saturated heterocycles. The topological polar surface area (TPSA) is 76.1 Å². The molecule has 0 saturated carbocycles. The number of amides is 1. The zero-order valence-electron chi connectivity index (χ0n) is 14.1. The van der Waals surface area contributed by atoms with E-state index in [9.17, 15) is 19.1 Å². The number of ether oxygens (including phenoxy) is 2. The van der Waals surface area contributed by atoms with Crippen molar-refractivity contribution in [1.82, 2.24) is 4.90 Å². The molecule has 2 rings (SSSR count). The summed E-state index contributed by atoms with van der Waals surface area (Å²) in [4.78, 5) is 25.7. The molecule has 0 aromatic heterocycles. The summed E-state index contributed by atoms with van der Waals surface area (Å²) in [6.07, 6.45) is 0.516. The first-order valence-corrected chi connectivity index (χ1v) is 7.94. The highest BCUT2D eigenvalue weighted by molar-refractivity contribution is 5.83. The number of carbonyl (C=O) groups excluding carboxylic acids is 2. The number of benzene rings is 1. The molecule has 132 valence electrons. The highest BCUT2D eigenvalue weighted by atomic mass is 19.1. The number of phenols is 1. The second kappa shape index (κ2) is 7.51. The number of rotatable bonds is 6. The number of nitrogens with zero attached hydrogens (tertiary/aromatic N) is 1. The van der Waals surface area contributed by atoms with E-state index in [1.54, 1.807) is 6.92 Å². The summed E-state index contributed by atoms with van der Waals surface area (Å²) in [6.45, 7) is 4.09. The van der Waals surface area contributed by atoms with Crippen molar-refractivity contribution in [2.24, 2.45) is 5.92 Å². The molecule has 1 aromatic carbocycles. The standard InChI is InChI=1S/C17H22FNO5/c1-4-10(17(22)24-5-2)7-14(20)19-8-11-6-13(23-3)16(21)15(18)12(11)9-19/h6,10,21H,4-5,7-9H2,1-3H3/t10-/m0/s1. The molecular weight excluding hydrogens is 317 g/mol. The van der Waals surface area contributed by atoms with Crippen molar-refractivity contribution in [2.75, 3.05) is 13.7 Å². The molecule has 1 aliphatic rings. The van der Waals surface area contributed by atoms with E-state index in [1.165, 1.54) is 18.1 Å². The molecule has 0 aliphatic carbocycles. The predicted molar refractivity (Wildman–Crippen MR) is 83.9 cm³/mol. The SMILES string of the molecule is CCOC(=O)[C@@H](CC)CC(=O)N1Cc2cc(OC)c(O)c(F)c2C1. The average Bonchev–Trinajstić information content (AvgIpc) is 3.00. The Morgan fingerprint density at radius 3 is 2.67 bits per heavy atom. The summed E-state index contributed by atoms with van der Waals surface area (Å²) in [5.74, 6) is -2.42. The first kappa shape index (κ1) is 18.0. The first-order chi connectivity index (χ1) is 11.4. The number of phenolic OH excluding ortho intramolecular Hbond substituents is 1. The van der Waals surface area contributed by atoms with Crippen molar-refractivity contribution in [3.05, 3.63) is 23.0 Å². The smallest absolute Gasteiger partial charge is 0.309 e. The van der Waals surface area contributed by atoms with E-state index in [0.29, 0.717) is 12.0 Å². The Balaban J connectivity index is 2.11. The fourth-order valence-corrected chi connectivity index (χ4v) is 2.80. The minimum Gasteiger partial charge on any atom is -0.502 e. The van der Waals surface area contributed by atoms with Crippen LogP contribution in [0.3, 0.4) is 0 Å². The van der Waals surface area contributed by atoms with E-state index in [-0.39, 0.29) is 43.3 Å². The zero-order valence-corrected chi connectivity index (χ0v) is 14.1. The van der Waals surface area contributed by atoms with Crippen LogP contribution in [0.5, 0.6) is 11.5 Å². The van der Waals surface area contributed by atoms with Crippen LogP contribution in [-0.4, -0.2) is 35.6 Å².